The number of nitrogens with zero attached hydrogens (tertiary/aromatic N) is 2. The zero-order chi connectivity index (χ0) is 9.97. The largest absolute Gasteiger partial charge is 0.244 e. The Morgan fingerprint density at radius 2 is 2.36 bits per heavy atom. The Morgan fingerprint density at radius 3 is 2.86 bits per heavy atom. The van der Waals surface area contributed by atoms with Gasteiger partial charge in [-0.15, -0.1) is 0 Å². The van der Waals surface area contributed by atoms with Crippen LogP contribution < -0.4 is 0 Å². The molecule has 0 unspecified atom stereocenters. The van der Waals surface area contributed by atoms with Gasteiger partial charge in [0.2, 0.25) is 0 Å². The molecule has 1 saturated carbocycles. The van der Waals surface area contributed by atoms with Crippen molar-refractivity contribution in [1.29, 1.82) is 5.26 Å². The molecule has 3 heteroatoms. The third-order valence-electron chi connectivity index (χ3n) is 2.57. The van der Waals surface area contributed by atoms with Crippen molar-refractivity contribution in [3.63, 3.8) is 0 Å². The molecule has 2 rings (SSSR count). The molecule has 0 spiro atoms. The summed E-state index contributed by atoms with van der Waals surface area (Å²) in [5.74, 6) is 0.752. The second kappa shape index (κ2) is 3.98. The molecule has 0 radical (unpaired) electrons. The average Bonchev–Trinajstić information content (AvgIpc) is 3.00. The molecule has 1 aromatic heterocycles. The molecule has 1 atom stereocenters. The van der Waals surface area contributed by atoms with E-state index in [2.05, 4.69) is 11.1 Å². The Labute approximate surface area is 88.5 Å². The lowest BCUT2D eigenvalue weighted by molar-refractivity contribution is 0.669. The van der Waals surface area contributed by atoms with Gasteiger partial charge in [-0.25, -0.2) is 4.98 Å². The van der Waals surface area contributed by atoms with Gasteiger partial charge >= 0.3 is 0 Å². The molecule has 0 N–H and O–H groups in total. The second-order valence-electron chi connectivity index (χ2n) is 3.78. The van der Waals surface area contributed by atoms with Crippen LogP contribution >= 0.6 is 11.6 Å². The van der Waals surface area contributed by atoms with Crippen LogP contribution in [-0.2, 0) is 0 Å². The number of aromatic nitrogens is 1. The van der Waals surface area contributed by atoms with Crippen LogP contribution in [0, 0.1) is 17.2 Å². The number of rotatable bonds is 3. The Hall–Kier alpha value is -1.07. The SMILES string of the molecule is N#C[C@@H](CC1CC1)c1ccc(Cl)nc1. The molecule has 0 amide bonds. The fourth-order valence-corrected chi connectivity index (χ4v) is 1.66. The first-order valence-electron chi connectivity index (χ1n) is 4.80. The summed E-state index contributed by atoms with van der Waals surface area (Å²) >= 11 is 5.68. The number of pyridine rings is 1. The molecular formula is C11H11ClN2. The number of halogens is 1. The van der Waals surface area contributed by atoms with Gasteiger partial charge in [0.25, 0.3) is 0 Å². The van der Waals surface area contributed by atoms with Crippen LogP contribution in [0.5, 0.6) is 0 Å². The third kappa shape index (κ3) is 2.24. The van der Waals surface area contributed by atoms with Crippen LogP contribution in [0.2, 0.25) is 5.15 Å². The minimum absolute atomic E-state index is 0.00716. The van der Waals surface area contributed by atoms with E-state index in [1.165, 1.54) is 12.8 Å². The summed E-state index contributed by atoms with van der Waals surface area (Å²) in [7, 11) is 0. The first-order chi connectivity index (χ1) is 6.79. The molecule has 2 nitrogen and oxygen atoms in total. The van der Waals surface area contributed by atoms with Gasteiger partial charge in [0.05, 0.1) is 12.0 Å². The van der Waals surface area contributed by atoms with Crippen LogP contribution in [0.3, 0.4) is 0 Å². The monoisotopic (exact) mass is 206 g/mol. The summed E-state index contributed by atoms with van der Waals surface area (Å²) in [6.45, 7) is 0. The van der Waals surface area contributed by atoms with E-state index in [1.807, 2.05) is 6.07 Å². The van der Waals surface area contributed by atoms with Gasteiger partial charge in [-0.1, -0.05) is 30.5 Å². The molecule has 1 fully saturated rings. The normalized spacial score (nSPS) is 17.4. The molecule has 0 aromatic carbocycles. The molecule has 0 aliphatic heterocycles. The van der Waals surface area contributed by atoms with Gasteiger partial charge in [-0.05, 0) is 24.0 Å². The predicted octanol–water partition coefficient (Wildman–Crippen LogP) is 3.14. The zero-order valence-corrected chi connectivity index (χ0v) is 8.54. The standard InChI is InChI=1S/C11H11ClN2/c12-11-4-3-9(7-14-11)10(6-13)5-8-1-2-8/h3-4,7-8,10H,1-2,5H2/t10-/m1/s1. The van der Waals surface area contributed by atoms with Crippen molar-refractivity contribution in [3.05, 3.63) is 29.0 Å². The smallest absolute Gasteiger partial charge is 0.129 e. The van der Waals surface area contributed by atoms with Crippen LogP contribution in [0.25, 0.3) is 0 Å². The first-order valence-corrected chi connectivity index (χ1v) is 5.18. The molecular weight excluding hydrogens is 196 g/mol. The van der Waals surface area contributed by atoms with Crippen molar-refractivity contribution in [2.45, 2.75) is 25.2 Å². The van der Waals surface area contributed by atoms with Gasteiger partial charge in [0.1, 0.15) is 5.15 Å². The van der Waals surface area contributed by atoms with Crippen molar-refractivity contribution in [2.24, 2.45) is 5.92 Å². The highest BCUT2D eigenvalue weighted by Gasteiger charge is 2.26. The van der Waals surface area contributed by atoms with E-state index in [4.69, 9.17) is 16.9 Å². The summed E-state index contributed by atoms with van der Waals surface area (Å²) in [6, 6.07) is 5.96. The Morgan fingerprint density at radius 1 is 1.57 bits per heavy atom. The van der Waals surface area contributed by atoms with E-state index in [9.17, 15) is 0 Å². The molecule has 1 heterocycles. The van der Waals surface area contributed by atoms with Crippen molar-refractivity contribution < 1.29 is 0 Å². The third-order valence-corrected chi connectivity index (χ3v) is 2.80. The van der Waals surface area contributed by atoms with Gasteiger partial charge in [-0.3, -0.25) is 0 Å². The van der Waals surface area contributed by atoms with E-state index >= 15 is 0 Å². The molecule has 72 valence electrons. The minimum Gasteiger partial charge on any atom is -0.244 e. The predicted molar refractivity (Wildman–Crippen MR) is 54.9 cm³/mol. The minimum atomic E-state index is -0.00716. The van der Waals surface area contributed by atoms with Crippen LogP contribution in [0.4, 0.5) is 0 Å². The highest BCUT2D eigenvalue weighted by atomic mass is 35.5. The quantitative estimate of drug-likeness (QED) is 0.713. The number of hydrogen-bond donors (Lipinski definition) is 0. The maximum atomic E-state index is 9.01. The second-order valence-corrected chi connectivity index (χ2v) is 4.16. The lowest BCUT2D eigenvalue weighted by atomic mass is 9.96. The summed E-state index contributed by atoms with van der Waals surface area (Å²) in [5.41, 5.74) is 0.990. The highest BCUT2D eigenvalue weighted by Crippen LogP contribution is 2.38. The van der Waals surface area contributed by atoms with E-state index in [1.54, 1.807) is 12.3 Å². The molecule has 1 aliphatic rings. The van der Waals surface area contributed by atoms with Gasteiger partial charge in [0, 0.05) is 6.20 Å². The Bertz CT molecular complexity index is 349. The zero-order valence-electron chi connectivity index (χ0n) is 7.78. The number of nitriles is 1. The highest BCUT2D eigenvalue weighted by molar-refractivity contribution is 6.29. The molecule has 1 aromatic rings. The Balaban J connectivity index is 2.10. The van der Waals surface area contributed by atoms with E-state index in [0.717, 1.165) is 17.9 Å². The molecule has 0 bridgehead atoms. The molecule has 14 heavy (non-hydrogen) atoms. The maximum Gasteiger partial charge on any atom is 0.129 e. The summed E-state index contributed by atoms with van der Waals surface area (Å²) in [6.07, 6.45) is 5.23. The van der Waals surface area contributed by atoms with E-state index in [-0.39, 0.29) is 5.92 Å². The molecule has 0 saturated heterocycles. The van der Waals surface area contributed by atoms with Crippen molar-refractivity contribution >= 4 is 11.6 Å². The van der Waals surface area contributed by atoms with Gasteiger partial charge < -0.3 is 0 Å². The summed E-state index contributed by atoms with van der Waals surface area (Å²) in [4.78, 5) is 3.99. The fourth-order valence-electron chi connectivity index (χ4n) is 1.54. The van der Waals surface area contributed by atoms with E-state index in [0.29, 0.717) is 5.15 Å². The topological polar surface area (TPSA) is 36.7 Å². The maximum absolute atomic E-state index is 9.01. The van der Waals surface area contributed by atoms with Crippen molar-refractivity contribution in [2.75, 3.05) is 0 Å². The summed E-state index contributed by atoms with van der Waals surface area (Å²) < 4.78 is 0. The lowest BCUT2D eigenvalue weighted by Crippen LogP contribution is -1.97. The van der Waals surface area contributed by atoms with Gasteiger partial charge in [-0.2, -0.15) is 5.26 Å². The van der Waals surface area contributed by atoms with Crippen molar-refractivity contribution in [3.8, 4) is 6.07 Å². The fraction of sp³-hybridized carbons (Fsp3) is 0.455. The first kappa shape index (κ1) is 9.48. The van der Waals surface area contributed by atoms with E-state index < -0.39 is 0 Å². The average molecular weight is 207 g/mol. The Kier molecular flexibility index (Phi) is 2.69. The van der Waals surface area contributed by atoms with Crippen molar-refractivity contribution in [1.82, 2.24) is 4.98 Å². The van der Waals surface area contributed by atoms with Gasteiger partial charge in [0.15, 0.2) is 0 Å². The summed E-state index contributed by atoms with van der Waals surface area (Å²) in [5, 5.41) is 9.50. The van der Waals surface area contributed by atoms with Crippen LogP contribution in [0.15, 0.2) is 18.3 Å². The lowest BCUT2D eigenvalue weighted by Gasteiger charge is -2.07. The van der Waals surface area contributed by atoms with Crippen LogP contribution in [-0.4, -0.2) is 4.98 Å². The van der Waals surface area contributed by atoms with Crippen LogP contribution in [0.1, 0.15) is 30.7 Å². The number of hydrogen-bond acceptors (Lipinski definition) is 2. The molecule has 1 aliphatic carbocycles.